The van der Waals surface area contributed by atoms with Crippen LogP contribution in [0.5, 0.6) is 0 Å². The molecule has 0 unspecified atom stereocenters. The number of thioether (sulfide) groups is 1. The van der Waals surface area contributed by atoms with E-state index in [4.69, 9.17) is 0 Å². The Hall–Kier alpha value is -3.13. The first-order chi connectivity index (χ1) is 15.0. The Labute approximate surface area is 186 Å². The van der Waals surface area contributed by atoms with E-state index in [1.54, 1.807) is 0 Å². The van der Waals surface area contributed by atoms with Crippen molar-refractivity contribution in [2.75, 3.05) is 11.1 Å². The number of hydrogen-bond acceptors (Lipinski definition) is 5. The van der Waals surface area contributed by atoms with Gasteiger partial charge in [0.1, 0.15) is 0 Å². The predicted octanol–water partition coefficient (Wildman–Crippen LogP) is 3.50. The molecule has 0 fully saturated rings. The molecule has 0 aliphatic carbocycles. The van der Waals surface area contributed by atoms with Gasteiger partial charge >= 0.3 is 0 Å². The number of carbonyl (C=O) groups is 2. The van der Waals surface area contributed by atoms with E-state index in [0.717, 1.165) is 16.8 Å². The Bertz CT molecular complexity index is 1050. The highest BCUT2D eigenvalue weighted by atomic mass is 32.2. The molecule has 1 heterocycles. The van der Waals surface area contributed by atoms with Crippen LogP contribution in [0.2, 0.25) is 0 Å². The number of carbonyl (C=O) groups excluding carboxylic acids is 2. The molecule has 0 saturated heterocycles. The number of nitrogens with zero attached hydrogens (tertiary/aromatic N) is 3. The van der Waals surface area contributed by atoms with Crippen molar-refractivity contribution in [2.24, 2.45) is 0 Å². The number of aryl methyl sites for hydroxylation is 2. The van der Waals surface area contributed by atoms with Crippen LogP contribution < -0.4 is 10.6 Å². The second-order valence-corrected chi connectivity index (χ2v) is 8.16. The Morgan fingerprint density at radius 3 is 2.48 bits per heavy atom. The molecule has 0 aliphatic rings. The topological polar surface area (TPSA) is 88.9 Å². The van der Waals surface area contributed by atoms with Crippen LogP contribution in [0.1, 0.15) is 29.4 Å². The van der Waals surface area contributed by atoms with E-state index >= 15 is 0 Å². The summed E-state index contributed by atoms with van der Waals surface area (Å²) < 4.78 is 1.91. The molecule has 0 spiro atoms. The molecule has 0 atom stereocenters. The molecule has 0 radical (unpaired) electrons. The zero-order valence-corrected chi connectivity index (χ0v) is 18.8. The second kappa shape index (κ2) is 10.8. The van der Waals surface area contributed by atoms with Crippen molar-refractivity contribution in [3.05, 3.63) is 71.0 Å². The molecule has 1 aromatic heterocycles. The number of benzene rings is 2. The minimum Gasteiger partial charge on any atom is -0.349 e. The largest absolute Gasteiger partial charge is 0.349 e. The molecule has 7 nitrogen and oxygen atoms in total. The fraction of sp³-hybridized carbons (Fsp3) is 0.304. The van der Waals surface area contributed by atoms with E-state index in [-0.39, 0.29) is 17.6 Å². The summed E-state index contributed by atoms with van der Waals surface area (Å²) in [6.45, 7) is 6.98. The minimum absolute atomic E-state index is 0.0705. The number of aromatic nitrogens is 3. The van der Waals surface area contributed by atoms with Crippen molar-refractivity contribution < 1.29 is 9.59 Å². The zero-order valence-electron chi connectivity index (χ0n) is 18.0. The quantitative estimate of drug-likeness (QED) is 0.500. The molecule has 0 aliphatic heterocycles. The summed E-state index contributed by atoms with van der Waals surface area (Å²) in [5.74, 6) is 0.724. The number of nitrogens with one attached hydrogen (secondary N) is 2. The Kier molecular flexibility index (Phi) is 7.83. The van der Waals surface area contributed by atoms with Gasteiger partial charge < -0.3 is 15.2 Å². The first-order valence-corrected chi connectivity index (χ1v) is 11.2. The van der Waals surface area contributed by atoms with Gasteiger partial charge in [-0.15, -0.1) is 10.2 Å². The lowest BCUT2D eigenvalue weighted by Crippen LogP contribution is -2.26. The average molecular weight is 438 g/mol. The van der Waals surface area contributed by atoms with Gasteiger partial charge in [-0.2, -0.15) is 0 Å². The smallest absolute Gasteiger partial charge is 0.234 e. The first-order valence-electron chi connectivity index (χ1n) is 10.2. The minimum atomic E-state index is -0.100. The Morgan fingerprint density at radius 2 is 1.77 bits per heavy atom. The van der Waals surface area contributed by atoms with Crippen molar-refractivity contribution in [3.63, 3.8) is 0 Å². The summed E-state index contributed by atoms with van der Waals surface area (Å²) >= 11 is 1.33. The van der Waals surface area contributed by atoms with E-state index in [0.29, 0.717) is 30.5 Å². The van der Waals surface area contributed by atoms with Crippen molar-refractivity contribution >= 4 is 29.3 Å². The fourth-order valence-electron chi connectivity index (χ4n) is 3.04. The van der Waals surface area contributed by atoms with Crippen LogP contribution in [0.25, 0.3) is 0 Å². The van der Waals surface area contributed by atoms with Gasteiger partial charge in [0.2, 0.25) is 11.8 Å². The van der Waals surface area contributed by atoms with Crippen LogP contribution in [-0.2, 0) is 29.1 Å². The first kappa shape index (κ1) is 22.6. The Morgan fingerprint density at radius 1 is 1.00 bits per heavy atom. The summed E-state index contributed by atoms with van der Waals surface area (Å²) in [7, 11) is 0. The second-order valence-electron chi connectivity index (χ2n) is 7.22. The predicted molar refractivity (Wildman–Crippen MR) is 123 cm³/mol. The van der Waals surface area contributed by atoms with E-state index in [1.165, 1.54) is 17.3 Å². The summed E-state index contributed by atoms with van der Waals surface area (Å²) in [6, 6.07) is 15.4. The third kappa shape index (κ3) is 6.42. The summed E-state index contributed by atoms with van der Waals surface area (Å²) in [4.78, 5) is 24.5. The molecular weight excluding hydrogens is 410 g/mol. The summed E-state index contributed by atoms with van der Waals surface area (Å²) in [5, 5.41) is 14.9. The molecule has 0 saturated carbocycles. The van der Waals surface area contributed by atoms with Crippen LogP contribution in [0.3, 0.4) is 0 Å². The molecule has 3 rings (SSSR count). The zero-order chi connectivity index (χ0) is 22.2. The Balaban J connectivity index is 1.52. The van der Waals surface area contributed by atoms with Gasteiger partial charge in [-0.3, -0.25) is 9.59 Å². The fourth-order valence-corrected chi connectivity index (χ4v) is 3.86. The number of rotatable bonds is 9. The van der Waals surface area contributed by atoms with Crippen molar-refractivity contribution in [1.29, 1.82) is 0 Å². The third-order valence-electron chi connectivity index (χ3n) is 4.88. The van der Waals surface area contributed by atoms with Gasteiger partial charge in [0.25, 0.3) is 0 Å². The molecule has 162 valence electrons. The van der Waals surface area contributed by atoms with Crippen LogP contribution >= 0.6 is 11.8 Å². The van der Waals surface area contributed by atoms with E-state index in [2.05, 4.69) is 20.8 Å². The van der Waals surface area contributed by atoms with Gasteiger partial charge in [-0.05, 0) is 49.6 Å². The van der Waals surface area contributed by atoms with Gasteiger partial charge in [-0.25, -0.2) is 0 Å². The standard InChI is InChI=1S/C23H27N5O2S/c1-4-28-20(14-24-21(29)13-18-8-6-5-7-9-18)26-27-23(28)31-15-22(30)25-19-11-10-16(2)17(3)12-19/h5-12H,4,13-15H2,1-3H3,(H,24,29)(H,25,30). The monoisotopic (exact) mass is 437 g/mol. The highest BCUT2D eigenvalue weighted by molar-refractivity contribution is 7.99. The normalized spacial score (nSPS) is 10.7. The van der Waals surface area contributed by atoms with Gasteiger partial charge in [-0.1, -0.05) is 48.2 Å². The van der Waals surface area contributed by atoms with Crippen molar-refractivity contribution in [2.45, 2.75) is 45.4 Å². The van der Waals surface area contributed by atoms with Crippen LogP contribution in [0, 0.1) is 13.8 Å². The van der Waals surface area contributed by atoms with Gasteiger partial charge in [0.15, 0.2) is 11.0 Å². The average Bonchev–Trinajstić information content (AvgIpc) is 3.16. The molecule has 2 N–H and O–H groups in total. The van der Waals surface area contributed by atoms with Crippen LogP contribution in [0.4, 0.5) is 5.69 Å². The van der Waals surface area contributed by atoms with Crippen LogP contribution in [0.15, 0.2) is 53.7 Å². The summed E-state index contributed by atoms with van der Waals surface area (Å²) in [6.07, 6.45) is 0.321. The van der Waals surface area contributed by atoms with E-state index in [9.17, 15) is 9.59 Å². The molecular formula is C23H27N5O2S. The van der Waals surface area contributed by atoms with Crippen LogP contribution in [-0.4, -0.2) is 32.3 Å². The van der Waals surface area contributed by atoms with Gasteiger partial charge in [0.05, 0.1) is 18.7 Å². The molecule has 8 heteroatoms. The summed E-state index contributed by atoms with van der Waals surface area (Å²) in [5.41, 5.74) is 4.07. The lowest BCUT2D eigenvalue weighted by Gasteiger charge is -2.09. The molecule has 3 aromatic rings. The lowest BCUT2D eigenvalue weighted by atomic mass is 10.1. The SMILES string of the molecule is CCn1c(CNC(=O)Cc2ccccc2)nnc1SCC(=O)Nc1ccc(C)c(C)c1. The maximum absolute atomic E-state index is 12.3. The number of anilines is 1. The molecule has 0 bridgehead atoms. The maximum atomic E-state index is 12.3. The van der Waals surface area contributed by atoms with E-state index in [1.807, 2.05) is 73.9 Å². The highest BCUT2D eigenvalue weighted by Gasteiger charge is 2.14. The maximum Gasteiger partial charge on any atom is 0.234 e. The molecule has 2 aromatic carbocycles. The molecule has 2 amide bonds. The highest BCUT2D eigenvalue weighted by Crippen LogP contribution is 2.19. The molecule has 31 heavy (non-hydrogen) atoms. The number of hydrogen-bond donors (Lipinski definition) is 2. The van der Waals surface area contributed by atoms with Crippen molar-refractivity contribution in [1.82, 2.24) is 20.1 Å². The number of amides is 2. The van der Waals surface area contributed by atoms with Gasteiger partial charge in [0, 0.05) is 12.2 Å². The lowest BCUT2D eigenvalue weighted by molar-refractivity contribution is -0.120. The van der Waals surface area contributed by atoms with Crippen molar-refractivity contribution in [3.8, 4) is 0 Å². The van der Waals surface area contributed by atoms with E-state index < -0.39 is 0 Å². The third-order valence-corrected chi connectivity index (χ3v) is 5.85.